The normalized spacial score (nSPS) is 11.3. The minimum absolute atomic E-state index is 0.145. The minimum Gasteiger partial charge on any atom is -0.416 e. The zero-order chi connectivity index (χ0) is 20.3. The molecule has 0 bridgehead atoms. The number of H-pyrrole nitrogens is 1. The number of anilines is 1. The number of rotatable bonds is 7. The number of thiazole rings is 1. The zero-order valence-corrected chi connectivity index (χ0v) is 17.3. The molecule has 8 nitrogen and oxygen atoms in total. The lowest BCUT2D eigenvalue weighted by Gasteiger charge is -2.03. The molecule has 0 aliphatic carbocycles. The first kappa shape index (κ1) is 18.8. The van der Waals surface area contributed by atoms with Crippen LogP contribution in [-0.2, 0) is 17.6 Å². The predicted molar refractivity (Wildman–Crippen MR) is 117 cm³/mol. The number of nitrogens with zero attached hydrogens (tertiary/aromatic N) is 4. The standard InChI is InChI=1S/C20H16N6O2S2/c27-17(22-13-6-5-12-10-21-24-15(12)9-13)11-29-20-26-25-18(28-20)7-8-19-23-14-3-1-2-4-16(14)30-19/h1-6,9-10H,7-8,11H2,(H,21,24)(H,22,27). The second-order valence-corrected chi connectivity index (χ2v) is 8.59. The number of hydrogen-bond donors (Lipinski definition) is 2. The van der Waals surface area contributed by atoms with E-state index in [-0.39, 0.29) is 11.7 Å². The van der Waals surface area contributed by atoms with E-state index in [2.05, 4.69) is 36.8 Å². The third-order valence-corrected chi connectivity index (χ3v) is 6.31. The quantitative estimate of drug-likeness (QED) is 0.370. The Morgan fingerprint density at radius 1 is 1.17 bits per heavy atom. The number of aromatic amines is 1. The number of aryl methyl sites for hydroxylation is 2. The number of fused-ring (bicyclic) bond motifs is 2. The van der Waals surface area contributed by atoms with Crippen LogP contribution in [0.5, 0.6) is 0 Å². The van der Waals surface area contributed by atoms with Crippen LogP contribution >= 0.6 is 23.1 Å². The number of para-hydroxylation sites is 1. The number of hydrogen-bond acceptors (Lipinski definition) is 8. The Morgan fingerprint density at radius 2 is 2.10 bits per heavy atom. The van der Waals surface area contributed by atoms with Crippen LogP contribution in [0.3, 0.4) is 0 Å². The van der Waals surface area contributed by atoms with E-state index >= 15 is 0 Å². The summed E-state index contributed by atoms with van der Waals surface area (Å²) in [4.78, 5) is 16.8. The molecule has 0 radical (unpaired) electrons. The van der Waals surface area contributed by atoms with Gasteiger partial charge < -0.3 is 9.73 Å². The molecule has 150 valence electrons. The number of carbonyl (C=O) groups excluding carboxylic acids is 1. The van der Waals surface area contributed by atoms with Gasteiger partial charge in [0.05, 0.1) is 32.7 Å². The number of benzene rings is 2. The SMILES string of the molecule is O=C(CSc1nnc(CCc2nc3ccccc3s2)o1)Nc1ccc2cn[nH]c2c1. The first-order chi connectivity index (χ1) is 14.7. The summed E-state index contributed by atoms with van der Waals surface area (Å²) in [5, 5.41) is 20.2. The lowest BCUT2D eigenvalue weighted by molar-refractivity contribution is -0.113. The highest BCUT2D eigenvalue weighted by Gasteiger charge is 2.12. The molecule has 0 aliphatic rings. The fraction of sp³-hybridized carbons (Fsp3) is 0.150. The second-order valence-electron chi connectivity index (χ2n) is 6.55. The molecule has 10 heteroatoms. The lowest BCUT2D eigenvalue weighted by Crippen LogP contribution is -2.13. The van der Waals surface area contributed by atoms with Crippen molar-refractivity contribution in [3.8, 4) is 0 Å². The Kier molecular flexibility index (Phi) is 5.16. The van der Waals surface area contributed by atoms with Crippen molar-refractivity contribution in [3.05, 3.63) is 59.6 Å². The summed E-state index contributed by atoms with van der Waals surface area (Å²) < 4.78 is 6.82. The van der Waals surface area contributed by atoms with Crippen LogP contribution < -0.4 is 5.32 Å². The largest absolute Gasteiger partial charge is 0.416 e. The lowest BCUT2D eigenvalue weighted by atomic mass is 10.2. The number of nitrogens with one attached hydrogen (secondary N) is 2. The predicted octanol–water partition coefficient (Wildman–Crippen LogP) is 4.07. The van der Waals surface area contributed by atoms with Crippen LogP contribution in [0.1, 0.15) is 10.9 Å². The minimum atomic E-state index is -0.145. The Hall–Kier alpha value is -3.24. The van der Waals surface area contributed by atoms with Gasteiger partial charge in [-0.2, -0.15) is 5.10 Å². The Labute approximate surface area is 179 Å². The van der Waals surface area contributed by atoms with E-state index in [1.807, 2.05) is 36.4 Å². The van der Waals surface area contributed by atoms with Crippen LogP contribution in [-0.4, -0.2) is 37.0 Å². The molecule has 3 heterocycles. The number of thioether (sulfide) groups is 1. The zero-order valence-electron chi connectivity index (χ0n) is 15.7. The van der Waals surface area contributed by atoms with E-state index in [1.165, 1.54) is 16.5 Å². The van der Waals surface area contributed by atoms with Gasteiger partial charge in [-0.1, -0.05) is 23.9 Å². The van der Waals surface area contributed by atoms with Crippen molar-refractivity contribution >= 4 is 55.8 Å². The van der Waals surface area contributed by atoms with Crippen LogP contribution in [0, 0.1) is 0 Å². The molecule has 0 saturated heterocycles. The van der Waals surface area contributed by atoms with E-state index in [4.69, 9.17) is 4.42 Å². The van der Waals surface area contributed by atoms with Gasteiger partial charge in [-0.3, -0.25) is 9.89 Å². The van der Waals surface area contributed by atoms with Gasteiger partial charge in [-0.15, -0.1) is 21.5 Å². The molecule has 1 amide bonds. The molecule has 5 aromatic rings. The molecule has 2 aromatic carbocycles. The summed E-state index contributed by atoms with van der Waals surface area (Å²) >= 11 is 2.89. The van der Waals surface area contributed by atoms with Crippen LogP contribution in [0.4, 0.5) is 5.69 Å². The van der Waals surface area contributed by atoms with E-state index in [9.17, 15) is 4.79 Å². The Morgan fingerprint density at radius 3 is 3.03 bits per heavy atom. The van der Waals surface area contributed by atoms with Crippen molar-refractivity contribution in [2.45, 2.75) is 18.1 Å². The van der Waals surface area contributed by atoms with Crippen molar-refractivity contribution < 1.29 is 9.21 Å². The molecule has 0 atom stereocenters. The molecule has 0 aliphatic heterocycles. The summed E-state index contributed by atoms with van der Waals surface area (Å²) in [6.07, 6.45) is 3.09. The Balaban J connectivity index is 1.13. The topological polar surface area (TPSA) is 110 Å². The van der Waals surface area contributed by atoms with Gasteiger partial charge in [-0.25, -0.2) is 4.98 Å². The molecule has 0 saturated carbocycles. The molecule has 30 heavy (non-hydrogen) atoms. The maximum absolute atomic E-state index is 12.2. The molecule has 5 rings (SSSR count). The maximum Gasteiger partial charge on any atom is 0.277 e. The van der Waals surface area contributed by atoms with Gasteiger partial charge in [0.15, 0.2) is 0 Å². The average molecular weight is 437 g/mol. The van der Waals surface area contributed by atoms with Crippen molar-refractivity contribution in [3.63, 3.8) is 0 Å². The van der Waals surface area contributed by atoms with Crippen molar-refractivity contribution in [1.29, 1.82) is 0 Å². The molecular formula is C20H16N6O2S2. The van der Waals surface area contributed by atoms with Gasteiger partial charge in [0.25, 0.3) is 5.22 Å². The molecule has 0 spiro atoms. The number of aromatic nitrogens is 5. The highest BCUT2D eigenvalue weighted by molar-refractivity contribution is 7.99. The van der Waals surface area contributed by atoms with Crippen LogP contribution in [0.15, 0.2) is 58.3 Å². The van der Waals surface area contributed by atoms with Gasteiger partial charge >= 0.3 is 0 Å². The third kappa shape index (κ3) is 4.19. The third-order valence-electron chi connectivity index (χ3n) is 4.39. The summed E-state index contributed by atoms with van der Waals surface area (Å²) in [5.41, 5.74) is 2.59. The molecule has 2 N–H and O–H groups in total. The highest BCUT2D eigenvalue weighted by atomic mass is 32.2. The van der Waals surface area contributed by atoms with Crippen molar-refractivity contribution in [2.24, 2.45) is 0 Å². The number of carbonyl (C=O) groups is 1. The fourth-order valence-corrected chi connectivity index (χ4v) is 4.52. The summed E-state index contributed by atoms with van der Waals surface area (Å²) in [7, 11) is 0. The Bertz CT molecular complexity index is 1290. The number of amides is 1. The monoisotopic (exact) mass is 436 g/mol. The van der Waals surface area contributed by atoms with E-state index in [0.717, 1.165) is 27.8 Å². The molecular weight excluding hydrogens is 420 g/mol. The smallest absolute Gasteiger partial charge is 0.277 e. The fourth-order valence-electron chi connectivity index (χ4n) is 2.98. The maximum atomic E-state index is 12.2. The van der Waals surface area contributed by atoms with E-state index < -0.39 is 0 Å². The van der Waals surface area contributed by atoms with Gasteiger partial charge in [-0.05, 0) is 30.3 Å². The summed E-state index contributed by atoms with van der Waals surface area (Å²) in [5.74, 6) is 0.579. The van der Waals surface area contributed by atoms with Crippen LogP contribution in [0.25, 0.3) is 21.1 Å². The first-order valence-electron chi connectivity index (χ1n) is 9.25. The average Bonchev–Trinajstić information content (AvgIpc) is 3.49. The molecule has 3 aromatic heterocycles. The molecule has 0 unspecified atom stereocenters. The van der Waals surface area contributed by atoms with Crippen molar-refractivity contribution in [2.75, 3.05) is 11.1 Å². The van der Waals surface area contributed by atoms with Gasteiger partial charge in [0.1, 0.15) is 0 Å². The van der Waals surface area contributed by atoms with Crippen molar-refractivity contribution in [1.82, 2.24) is 25.4 Å². The summed E-state index contributed by atoms with van der Waals surface area (Å²) in [6.45, 7) is 0. The molecule has 0 fully saturated rings. The van der Waals surface area contributed by atoms with Crippen LogP contribution in [0.2, 0.25) is 0 Å². The summed E-state index contributed by atoms with van der Waals surface area (Å²) in [6, 6.07) is 13.7. The second kappa shape index (κ2) is 8.25. The van der Waals surface area contributed by atoms with E-state index in [0.29, 0.717) is 23.2 Å². The van der Waals surface area contributed by atoms with Gasteiger partial charge in [0.2, 0.25) is 11.8 Å². The van der Waals surface area contributed by atoms with Gasteiger partial charge in [0, 0.05) is 23.9 Å². The highest BCUT2D eigenvalue weighted by Crippen LogP contribution is 2.23. The first-order valence-corrected chi connectivity index (χ1v) is 11.1. The van der Waals surface area contributed by atoms with E-state index in [1.54, 1.807) is 17.5 Å².